The van der Waals surface area contributed by atoms with Gasteiger partial charge < -0.3 is 44.8 Å². The Morgan fingerprint density at radius 3 is 1.09 bits per heavy atom. The van der Waals surface area contributed by atoms with Crippen molar-refractivity contribution < 1.29 is 48.7 Å². The number of rotatable bonds is 10. The zero-order valence-corrected chi connectivity index (χ0v) is 82.5. The Balaban J connectivity index is 0.000000635. The molecule has 11 nitrogen and oxygen atoms in total. The van der Waals surface area contributed by atoms with Crippen LogP contribution in [0.25, 0.3) is 0 Å². The molecular weight excluding hydrogens is 1520 g/mol. The molecule has 5 N–H and O–H groups in total. The van der Waals surface area contributed by atoms with Crippen LogP contribution in [-0.4, -0.2) is 126 Å². The molecule has 0 aromatic rings. The molecule has 0 aliphatic heterocycles. The van der Waals surface area contributed by atoms with Crippen LogP contribution in [0.1, 0.15) is 452 Å². The summed E-state index contributed by atoms with van der Waals surface area (Å²) in [5, 5.41) is 28.7. The highest BCUT2D eigenvalue weighted by Gasteiger charge is 2.29. The average molecular weight is 1720 g/mol. The molecule has 0 aromatic carbocycles. The van der Waals surface area contributed by atoms with E-state index in [1.165, 1.54) is 263 Å². The van der Waals surface area contributed by atoms with Crippen molar-refractivity contribution in [2.75, 3.05) is 27.4 Å². The highest BCUT2D eigenvalue weighted by molar-refractivity contribution is 6.21. The van der Waals surface area contributed by atoms with Gasteiger partial charge in [0, 0.05) is 67.9 Å². The minimum Gasteiger partial charge on any atom is -0.393 e. The molecule has 13 rings (SSSR count). The second kappa shape index (κ2) is 71.6. The van der Waals surface area contributed by atoms with Crippen LogP contribution in [0.2, 0.25) is 0 Å². The van der Waals surface area contributed by atoms with E-state index in [1.807, 2.05) is 0 Å². The van der Waals surface area contributed by atoms with Crippen LogP contribution in [0.4, 0.5) is 0 Å². The lowest BCUT2D eigenvalue weighted by Gasteiger charge is -2.31. The lowest BCUT2D eigenvalue weighted by molar-refractivity contribution is -0.122. The van der Waals surface area contributed by atoms with Crippen molar-refractivity contribution in [1.82, 2.24) is 0 Å². The number of aldehydes is 1. The maximum Gasteiger partial charge on any atom is 0.132 e. The Kier molecular flexibility index (Phi) is 70.1. The van der Waals surface area contributed by atoms with Crippen LogP contribution in [0.3, 0.4) is 0 Å². The predicted octanol–water partition coefficient (Wildman–Crippen LogP) is 28.9. The van der Waals surface area contributed by atoms with E-state index in [1.54, 1.807) is 28.1 Å². The Labute approximate surface area is 741 Å². The number of halogens is 3. The molecule has 16 unspecified atom stereocenters. The SMILES string of the molecule is CC(=O)C1CCC(C)CC1.CC(=O)C1CCCC(C)C1.CC1CCC(Cl)CC1.CC1CCC(N)CC1.CC1CCC(O)CC1.CC1CCCC(Cl)C1.CC1CCCC(O)C1.CC1CCCCC1CC=O.CC1CCCCC1Cl.CC1CCCCC1O.CCOC1CCC(C)CC1.CCOC1CCCC(C)C1.COC1CC(C)CC(OC)C1. The van der Waals surface area contributed by atoms with Crippen molar-refractivity contribution in [3.8, 4) is 0 Å². The monoisotopic (exact) mass is 1710 g/mol. The average Bonchev–Trinajstić information content (AvgIpc) is 0.887. The van der Waals surface area contributed by atoms with Gasteiger partial charge in [0.25, 0.3) is 0 Å². The van der Waals surface area contributed by atoms with Crippen LogP contribution in [0, 0.1) is 94.7 Å². The van der Waals surface area contributed by atoms with E-state index in [9.17, 15) is 19.5 Å². The fourth-order valence-electron chi connectivity index (χ4n) is 19.7. The maximum absolute atomic E-state index is 10.9. The van der Waals surface area contributed by atoms with E-state index in [2.05, 4.69) is 104 Å². The first-order valence-corrected chi connectivity index (χ1v) is 51.5. The summed E-state index contributed by atoms with van der Waals surface area (Å²) in [6.45, 7) is 38.8. The number of ketones is 2. The number of Topliss-reactive ketones (excluding diaryl/α,β-unsaturated/α-hetero) is 2. The molecule has 0 heterocycles. The number of nitrogens with two attached hydrogens (primary N) is 1. The molecule has 0 radical (unpaired) electrons. The summed E-state index contributed by atoms with van der Waals surface area (Å²) in [6, 6.07) is 0.520. The van der Waals surface area contributed by atoms with Gasteiger partial charge in [0.15, 0.2) is 0 Å². The lowest BCUT2D eigenvalue weighted by atomic mass is 9.79. The summed E-state index contributed by atoms with van der Waals surface area (Å²) in [5.41, 5.74) is 5.70. The van der Waals surface area contributed by atoms with Gasteiger partial charge in [-0.05, 0) is 329 Å². The number of aliphatic hydroxyl groups is 3. The highest BCUT2D eigenvalue weighted by Crippen LogP contribution is 2.36. The minimum atomic E-state index is 0.00347. The molecule has 0 spiro atoms. The first kappa shape index (κ1) is 115. The fraction of sp³-hybridized carbons (Fsp3) is 0.971. The van der Waals surface area contributed by atoms with E-state index in [-0.39, 0.29) is 18.3 Å². The largest absolute Gasteiger partial charge is 0.393 e. The third-order valence-corrected chi connectivity index (χ3v) is 30.3. The predicted molar refractivity (Wildman–Crippen MR) is 504 cm³/mol. The smallest absolute Gasteiger partial charge is 0.132 e. The summed E-state index contributed by atoms with van der Waals surface area (Å²) in [7, 11) is 3.57. The van der Waals surface area contributed by atoms with E-state index in [4.69, 9.17) is 69.7 Å². The zero-order chi connectivity index (χ0) is 87.5. The molecule has 13 aliphatic rings. The number of carbonyl (C=O) groups is 3. The van der Waals surface area contributed by atoms with Crippen molar-refractivity contribution in [2.24, 2.45) is 100 Å². The molecule has 0 aromatic heterocycles. The molecule has 0 bridgehead atoms. The Bertz CT molecular complexity index is 2100. The molecule has 117 heavy (non-hydrogen) atoms. The molecule has 696 valence electrons. The summed E-state index contributed by atoms with van der Waals surface area (Å²) >= 11 is 17.8. The highest BCUT2D eigenvalue weighted by atomic mass is 35.5. The van der Waals surface area contributed by atoms with Gasteiger partial charge in [0.05, 0.1) is 42.7 Å². The number of hydrogen-bond donors (Lipinski definition) is 4. The third kappa shape index (κ3) is 61.6. The molecular formula is C103H198Cl3NO10. The number of methoxy groups -OCH3 is 2. The molecule has 0 amide bonds. The summed E-state index contributed by atoms with van der Waals surface area (Å²) in [6.07, 6.45) is 67.8. The number of hydrogen-bond acceptors (Lipinski definition) is 11. The molecule has 13 fully saturated rings. The fourth-order valence-corrected chi connectivity index (χ4v) is 20.7. The lowest BCUT2D eigenvalue weighted by Crippen LogP contribution is -2.30. The molecule has 13 saturated carbocycles. The number of aliphatic hydroxyl groups excluding tert-OH is 3. The summed E-state index contributed by atoms with van der Waals surface area (Å²) < 4.78 is 21.7. The second-order valence-corrected chi connectivity index (χ2v) is 42.8. The van der Waals surface area contributed by atoms with E-state index in [0.29, 0.717) is 81.8 Å². The van der Waals surface area contributed by atoms with Gasteiger partial charge in [-0.2, -0.15) is 0 Å². The van der Waals surface area contributed by atoms with Gasteiger partial charge in [0.2, 0.25) is 0 Å². The van der Waals surface area contributed by atoms with Gasteiger partial charge in [-0.25, -0.2) is 0 Å². The number of carbonyl (C=O) groups excluding carboxylic acids is 3. The zero-order valence-electron chi connectivity index (χ0n) is 80.3. The van der Waals surface area contributed by atoms with E-state index >= 15 is 0 Å². The third-order valence-electron chi connectivity index (χ3n) is 28.8. The minimum absolute atomic E-state index is 0.00347. The molecule has 0 saturated heterocycles. The number of alkyl halides is 3. The normalized spacial score (nSPS) is 37.2. The second-order valence-electron chi connectivity index (χ2n) is 41.0. The topological polar surface area (TPSA) is 175 Å². The van der Waals surface area contributed by atoms with Crippen molar-refractivity contribution in [2.45, 2.75) is 516 Å². The molecule has 14 heteroatoms. The van der Waals surface area contributed by atoms with Crippen molar-refractivity contribution in [3.63, 3.8) is 0 Å². The van der Waals surface area contributed by atoms with Crippen LogP contribution in [0.15, 0.2) is 0 Å². The quantitative estimate of drug-likeness (QED) is 0.121. The van der Waals surface area contributed by atoms with Crippen molar-refractivity contribution in [3.05, 3.63) is 0 Å². The van der Waals surface area contributed by atoms with Crippen LogP contribution >= 0.6 is 34.8 Å². The van der Waals surface area contributed by atoms with E-state index in [0.717, 1.165) is 161 Å². The van der Waals surface area contributed by atoms with Crippen LogP contribution in [-0.2, 0) is 33.3 Å². The van der Waals surface area contributed by atoms with Crippen molar-refractivity contribution in [1.29, 1.82) is 0 Å². The first-order valence-electron chi connectivity index (χ1n) is 50.2. The molecule has 13 aliphatic carbocycles. The van der Waals surface area contributed by atoms with Gasteiger partial charge in [-0.15, -0.1) is 34.8 Å². The number of ether oxygens (including phenoxy) is 4. The Hall–Kier alpha value is -0.440. The van der Waals surface area contributed by atoms with E-state index < -0.39 is 0 Å². The van der Waals surface area contributed by atoms with Crippen LogP contribution in [0.5, 0.6) is 0 Å². The van der Waals surface area contributed by atoms with Gasteiger partial charge >= 0.3 is 0 Å². The van der Waals surface area contributed by atoms with Gasteiger partial charge in [-0.3, -0.25) is 9.59 Å². The molecule has 16 atom stereocenters. The summed E-state index contributed by atoms with van der Waals surface area (Å²) in [4.78, 5) is 32.1. The van der Waals surface area contributed by atoms with Crippen molar-refractivity contribution >= 4 is 52.7 Å². The van der Waals surface area contributed by atoms with Gasteiger partial charge in [0.1, 0.15) is 17.9 Å². The van der Waals surface area contributed by atoms with Gasteiger partial charge in [-0.1, -0.05) is 199 Å². The Morgan fingerprint density at radius 2 is 0.735 bits per heavy atom. The standard InChI is InChI=1S/C9H18O2.3C9H16O.2C9H18O.3C7H13Cl.C7H15N.3C7H14O/c1-7-4-8(10-2)6-9(5-7)11-3;1-7-3-5-9(6-4-7)8(2)10;1-7-4-3-5-9(6-7)8(2)10;1-8-4-2-3-5-9(8)6-7-10;1-3-10-9-6-4-8(2)5-7-9;1-3-10-9-6-4-5-8(2)7-9;1-6-2-4-7(8)5-3-6;1-6-3-2-4-7(8)5-6;1-6-4-2-3-5-7(6)8;2*1-6-2-4-7(8)5-3-6;1-6-3-2-4-7(8)5-6;1-6-4-2-3-5-7(6)8/h7-9H,4-6H2,1-3H3;2*7,9H,3-6H2,1-2H3;7-9H,2-6H2,1H3;2*8-9H,3-7H2,1-2H3;3*6-7H,2-5H2,1H3;6-7H,2-5,8H2,1H3;3*6-8H,2-5H2,1H3. The van der Waals surface area contributed by atoms with Crippen LogP contribution < -0.4 is 5.73 Å². The maximum atomic E-state index is 10.9. The first-order chi connectivity index (χ1) is 55.7. The Morgan fingerprint density at radius 1 is 0.333 bits per heavy atom. The summed E-state index contributed by atoms with van der Waals surface area (Å²) in [5.74, 6) is 13.0.